The molecule has 1 aromatic carbocycles. The van der Waals surface area contributed by atoms with Crippen LogP contribution in [0.3, 0.4) is 0 Å². The molecule has 3 heteroatoms. The molecule has 0 spiro atoms. The molecule has 0 unspecified atom stereocenters. The Morgan fingerprint density at radius 1 is 1.30 bits per heavy atom. The second-order valence-corrected chi connectivity index (χ2v) is 5.76. The third-order valence-corrected chi connectivity index (χ3v) is 3.97. The summed E-state index contributed by atoms with van der Waals surface area (Å²) < 4.78 is 0. The Morgan fingerprint density at radius 2 is 2.10 bits per heavy atom. The molecule has 3 rings (SSSR count). The third kappa shape index (κ3) is 2.78. The SMILES string of the molecule is CCCN(CC1CC1)c1nc2ccccc2cc1CN. The van der Waals surface area contributed by atoms with Crippen LogP contribution in [0.15, 0.2) is 30.3 Å². The number of para-hydroxylation sites is 1. The van der Waals surface area contributed by atoms with Gasteiger partial charge in [0.05, 0.1) is 5.52 Å². The number of nitrogens with two attached hydrogens (primary N) is 1. The summed E-state index contributed by atoms with van der Waals surface area (Å²) in [4.78, 5) is 7.33. The van der Waals surface area contributed by atoms with E-state index in [9.17, 15) is 0 Å². The summed E-state index contributed by atoms with van der Waals surface area (Å²) in [6.45, 7) is 4.97. The number of aromatic nitrogens is 1. The van der Waals surface area contributed by atoms with Gasteiger partial charge in [-0.3, -0.25) is 0 Å². The average Bonchev–Trinajstić information content (AvgIpc) is 3.29. The van der Waals surface area contributed by atoms with Crippen LogP contribution in [0.4, 0.5) is 5.82 Å². The van der Waals surface area contributed by atoms with Gasteiger partial charge in [-0.15, -0.1) is 0 Å². The van der Waals surface area contributed by atoms with E-state index in [2.05, 4.69) is 36.1 Å². The smallest absolute Gasteiger partial charge is 0.133 e. The first-order chi connectivity index (χ1) is 9.81. The Balaban J connectivity index is 2.01. The standard InChI is InChI=1S/C17H23N3/c1-2-9-20(12-13-7-8-13)17-15(11-18)10-14-5-3-4-6-16(14)19-17/h3-6,10,13H,2,7-9,11-12,18H2,1H3. The predicted molar refractivity (Wildman–Crippen MR) is 84.9 cm³/mol. The predicted octanol–water partition coefficient (Wildman–Crippen LogP) is 3.32. The number of benzene rings is 1. The second kappa shape index (κ2) is 5.80. The highest BCUT2D eigenvalue weighted by Crippen LogP contribution is 2.32. The molecule has 1 aromatic heterocycles. The van der Waals surface area contributed by atoms with Gasteiger partial charge in [0.2, 0.25) is 0 Å². The monoisotopic (exact) mass is 269 g/mol. The Morgan fingerprint density at radius 3 is 2.80 bits per heavy atom. The van der Waals surface area contributed by atoms with Gasteiger partial charge in [-0.1, -0.05) is 25.1 Å². The van der Waals surface area contributed by atoms with Crippen LogP contribution in [0.5, 0.6) is 0 Å². The summed E-state index contributed by atoms with van der Waals surface area (Å²) in [6, 6.07) is 10.5. The molecular weight excluding hydrogens is 246 g/mol. The van der Waals surface area contributed by atoms with Crippen LogP contribution < -0.4 is 10.6 Å². The Kier molecular flexibility index (Phi) is 3.88. The van der Waals surface area contributed by atoms with E-state index in [1.165, 1.54) is 18.2 Å². The molecule has 0 aliphatic heterocycles. The normalized spacial score (nSPS) is 14.7. The lowest BCUT2D eigenvalue weighted by molar-refractivity contribution is 0.696. The van der Waals surface area contributed by atoms with E-state index in [1.54, 1.807) is 0 Å². The van der Waals surface area contributed by atoms with Crippen molar-refractivity contribution in [3.63, 3.8) is 0 Å². The zero-order valence-electron chi connectivity index (χ0n) is 12.2. The summed E-state index contributed by atoms with van der Waals surface area (Å²) in [5.41, 5.74) is 8.19. The molecule has 1 aliphatic rings. The summed E-state index contributed by atoms with van der Waals surface area (Å²) >= 11 is 0. The molecule has 1 fully saturated rings. The maximum Gasteiger partial charge on any atom is 0.133 e. The number of hydrogen-bond donors (Lipinski definition) is 1. The van der Waals surface area contributed by atoms with Gasteiger partial charge in [-0.2, -0.15) is 0 Å². The lowest BCUT2D eigenvalue weighted by Crippen LogP contribution is -2.29. The van der Waals surface area contributed by atoms with E-state index in [4.69, 9.17) is 10.7 Å². The van der Waals surface area contributed by atoms with Gasteiger partial charge in [0.15, 0.2) is 0 Å². The molecule has 20 heavy (non-hydrogen) atoms. The van der Waals surface area contributed by atoms with Crippen molar-refractivity contribution in [2.24, 2.45) is 11.7 Å². The van der Waals surface area contributed by atoms with E-state index in [1.807, 2.05) is 6.07 Å². The van der Waals surface area contributed by atoms with Crippen LogP contribution >= 0.6 is 0 Å². The molecule has 0 bridgehead atoms. The van der Waals surface area contributed by atoms with Crippen molar-refractivity contribution < 1.29 is 0 Å². The molecular formula is C17H23N3. The maximum atomic E-state index is 5.96. The molecule has 106 valence electrons. The number of nitrogens with zero attached hydrogens (tertiary/aromatic N) is 2. The highest BCUT2D eigenvalue weighted by molar-refractivity contribution is 5.81. The number of rotatable bonds is 6. The summed E-state index contributed by atoms with van der Waals surface area (Å²) in [7, 11) is 0. The summed E-state index contributed by atoms with van der Waals surface area (Å²) in [5.74, 6) is 1.96. The summed E-state index contributed by atoms with van der Waals surface area (Å²) in [6.07, 6.45) is 3.88. The van der Waals surface area contributed by atoms with Crippen molar-refractivity contribution in [2.75, 3.05) is 18.0 Å². The van der Waals surface area contributed by atoms with Gasteiger partial charge in [0, 0.05) is 30.6 Å². The number of pyridine rings is 1. The summed E-state index contributed by atoms with van der Waals surface area (Å²) in [5, 5.41) is 1.18. The largest absolute Gasteiger partial charge is 0.356 e. The quantitative estimate of drug-likeness (QED) is 0.874. The lowest BCUT2D eigenvalue weighted by Gasteiger charge is -2.25. The van der Waals surface area contributed by atoms with Crippen LogP contribution in [0.2, 0.25) is 0 Å². The van der Waals surface area contributed by atoms with Gasteiger partial charge in [-0.05, 0) is 37.3 Å². The zero-order chi connectivity index (χ0) is 13.9. The van der Waals surface area contributed by atoms with Gasteiger partial charge >= 0.3 is 0 Å². The van der Waals surface area contributed by atoms with Crippen LogP contribution in [0.25, 0.3) is 10.9 Å². The molecule has 1 heterocycles. The fraction of sp³-hybridized carbons (Fsp3) is 0.471. The fourth-order valence-corrected chi connectivity index (χ4v) is 2.74. The molecule has 2 aromatic rings. The first kappa shape index (κ1) is 13.4. The van der Waals surface area contributed by atoms with Gasteiger partial charge in [0.25, 0.3) is 0 Å². The van der Waals surface area contributed by atoms with Crippen molar-refractivity contribution in [1.29, 1.82) is 0 Å². The fourth-order valence-electron chi connectivity index (χ4n) is 2.74. The molecule has 0 amide bonds. The molecule has 1 aliphatic carbocycles. The maximum absolute atomic E-state index is 5.96. The first-order valence-electron chi connectivity index (χ1n) is 7.65. The minimum atomic E-state index is 0.554. The number of anilines is 1. The van der Waals surface area contributed by atoms with E-state index in [0.717, 1.165) is 42.3 Å². The third-order valence-electron chi connectivity index (χ3n) is 3.97. The van der Waals surface area contributed by atoms with Crippen molar-refractivity contribution in [3.05, 3.63) is 35.9 Å². The molecule has 0 atom stereocenters. The van der Waals surface area contributed by atoms with Crippen molar-refractivity contribution in [2.45, 2.75) is 32.7 Å². The van der Waals surface area contributed by atoms with Gasteiger partial charge < -0.3 is 10.6 Å². The molecule has 2 N–H and O–H groups in total. The highest BCUT2D eigenvalue weighted by atomic mass is 15.2. The minimum Gasteiger partial charge on any atom is -0.356 e. The Bertz CT molecular complexity index is 590. The van der Waals surface area contributed by atoms with Crippen molar-refractivity contribution >= 4 is 16.7 Å². The Hall–Kier alpha value is -1.61. The van der Waals surface area contributed by atoms with Gasteiger partial charge in [0.1, 0.15) is 5.82 Å². The van der Waals surface area contributed by atoms with E-state index < -0.39 is 0 Å². The van der Waals surface area contributed by atoms with Crippen LogP contribution in [0.1, 0.15) is 31.7 Å². The highest BCUT2D eigenvalue weighted by Gasteiger charge is 2.25. The van der Waals surface area contributed by atoms with Crippen molar-refractivity contribution in [3.8, 4) is 0 Å². The molecule has 0 saturated heterocycles. The molecule has 1 saturated carbocycles. The van der Waals surface area contributed by atoms with E-state index in [0.29, 0.717) is 6.54 Å². The average molecular weight is 269 g/mol. The lowest BCUT2D eigenvalue weighted by atomic mass is 10.1. The van der Waals surface area contributed by atoms with Crippen LogP contribution in [-0.2, 0) is 6.54 Å². The van der Waals surface area contributed by atoms with E-state index in [-0.39, 0.29) is 0 Å². The second-order valence-electron chi connectivity index (χ2n) is 5.76. The van der Waals surface area contributed by atoms with Crippen LogP contribution in [0, 0.1) is 5.92 Å². The molecule has 0 radical (unpaired) electrons. The molecule has 3 nitrogen and oxygen atoms in total. The Labute approximate surface area is 120 Å². The van der Waals surface area contributed by atoms with Crippen molar-refractivity contribution in [1.82, 2.24) is 4.98 Å². The van der Waals surface area contributed by atoms with Gasteiger partial charge in [-0.25, -0.2) is 4.98 Å². The van der Waals surface area contributed by atoms with Crippen LogP contribution in [-0.4, -0.2) is 18.1 Å². The topological polar surface area (TPSA) is 42.2 Å². The number of fused-ring (bicyclic) bond motifs is 1. The first-order valence-corrected chi connectivity index (χ1v) is 7.65. The van der Waals surface area contributed by atoms with E-state index >= 15 is 0 Å². The minimum absolute atomic E-state index is 0.554. The number of hydrogen-bond acceptors (Lipinski definition) is 3. The zero-order valence-corrected chi connectivity index (χ0v) is 12.2.